The second kappa shape index (κ2) is 18.0. The molecule has 1 aromatic heterocycles. The largest absolute Gasteiger partial charge is 0.508 e. The molecule has 4 aliphatic heterocycles. The van der Waals surface area contributed by atoms with Crippen LogP contribution < -0.4 is 5.32 Å². The minimum atomic E-state index is -3.82. The third-order valence-electron chi connectivity index (χ3n) is 11.5. The van der Waals surface area contributed by atoms with Crippen molar-refractivity contribution < 1.29 is 41.3 Å². The average Bonchev–Trinajstić information content (AvgIpc) is 4.08. The predicted octanol–water partition coefficient (Wildman–Crippen LogP) is 7.44. The lowest BCUT2D eigenvalue weighted by atomic mass is 10.0. The van der Waals surface area contributed by atoms with Gasteiger partial charge >= 0.3 is 6.09 Å². The molecule has 0 aliphatic carbocycles. The number of carbonyl (C=O) groups is 1. The van der Waals surface area contributed by atoms with Crippen molar-refractivity contribution in [3.63, 3.8) is 0 Å². The number of carbonyl (C=O) groups excluding carboxylic acids is 1. The monoisotopic (exact) mass is 905 g/mol. The van der Waals surface area contributed by atoms with Crippen molar-refractivity contribution in [2.45, 2.75) is 91.5 Å². The van der Waals surface area contributed by atoms with Crippen LogP contribution in [0.3, 0.4) is 0 Å². The maximum Gasteiger partial charge on any atom is 0.410 e. The Kier molecular flexibility index (Phi) is 13.1. The Morgan fingerprint density at radius 2 is 1.47 bits per heavy atom. The molecule has 1 unspecified atom stereocenters. The summed E-state index contributed by atoms with van der Waals surface area (Å²) in [6.45, 7) is 8.12. The summed E-state index contributed by atoms with van der Waals surface area (Å²) in [7, 11) is -7.23. The summed E-state index contributed by atoms with van der Waals surface area (Å²) in [5.74, 6) is 0.319. The van der Waals surface area contributed by atoms with Crippen LogP contribution in [0.1, 0.15) is 70.2 Å². The molecule has 0 bridgehead atoms. The van der Waals surface area contributed by atoms with Crippen molar-refractivity contribution in [2.24, 2.45) is 4.99 Å². The molecule has 5 heterocycles. The molecule has 14 nitrogen and oxygen atoms in total. The number of hydrogen-bond acceptors (Lipinski definition) is 12. The van der Waals surface area contributed by atoms with Gasteiger partial charge in [-0.1, -0.05) is 24.3 Å². The van der Waals surface area contributed by atoms with Crippen LogP contribution in [0.4, 0.5) is 4.79 Å². The highest BCUT2D eigenvalue weighted by molar-refractivity contribution is 7.92. The van der Waals surface area contributed by atoms with Gasteiger partial charge in [0.05, 0.1) is 38.5 Å². The van der Waals surface area contributed by atoms with Crippen molar-refractivity contribution in [2.75, 3.05) is 32.8 Å². The van der Waals surface area contributed by atoms with Gasteiger partial charge in [0.25, 0.3) is 0 Å². The number of nitrogens with zero attached hydrogens (tertiary/aromatic N) is 4. The Hall–Kier alpha value is -5.00. The van der Waals surface area contributed by atoms with E-state index in [-0.39, 0.29) is 46.8 Å². The first-order valence-corrected chi connectivity index (χ1v) is 23.7. The fourth-order valence-electron chi connectivity index (χ4n) is 8.29. The van der Waals surface area contributed by atoms with Crippen LogP contribution in [0.5, 0.6) is 11.5 Å². The third-order valence-corrected chi connectivity index (χ3v) is 16.0. The van der Waals surface area contributed by atoms with Crippen LogP contribution in [-0.2, 0) is 35.7 Å². The second-order valence-electron chi connectivity index (χ2n) is 17.0. The smallest absolute Gasteiger partial charge is 0.410 e. The summed E-state index contributed by atoms with van der Waals surface area (Å²) < 4.78 is 67.5. The van der Waals surface area contributed by atoms with E-state index < -0.39 is 36.6 Å². The number of phenolic OH excluding ortho intramolecular Hbond substituents is 2. The van der Waals surface area contributed by atoms with Gasteiger partial charge in [-0.25, -0.2) is 26.3 Å². The van der Waals surface area contributed by atoms with Gasteiger partial charge in [0.1, 0.15) is 17.1 Å². The van der Waals surface area contributed by atoms with E-state index >= 15 is 0 Å². The summed E-state index contributed by atoms with van der Waals surface area (Å²) in [4.78, 5) is 18.9. The van der Waals surface area contributed by atoms with Crippen molar-refractivity contribution in [3.05, 3.63) is 90.1 Å². The van der Waals surface area contributed by atoms with E-state index in [1.54, 1.807) is 98.5 Å². The summed E-state index contributed by atoms with van der Waals surface area (Å²) in [6.07, 6.45) is 6.27. The van der Waals surface area contributed by atoms with E-state index in [9.17, 15) is 31.8 Å². The topological polar surface area (TPSA) is 190 Å². The average molecular weight is 907 g/mol. The molecular formula is C45H52ClN5O9S2. The van der Waals surface area contributed by atoms with Crippen molar-refractivity contribution in [3.8, 4) is 33.8 Å². The molecule has 0 saturated carbocycles. The number of hydrogen-bond donors (Lipinski definition) is 3. The van der Waals surface area contributed by atoms with E-state index in [2.05, 4.69) is 15.4 Å². The second-order valence-corrected chi connectivity index (χ2v) is 21.4. The molecule has 3 atom stereocenters. The van der Waals surface area contributed by atoms with Crippen LogP contribution in [0, 0.1) is 0 Å². The molecule has 3 fully saturated rings. The maximum atomic E-state index is 14.0. The van der Waals surface area contributed by atoms with Crippen LogP contribution in [0.2, 0.25) is 0 Å². The van der Waals surface area contributed by atoms with Crippen LogP contribution >= 0.6 is 12.4 Å². The maximum absolute atomic E-state index is 14.0. The Morgan fingerprint density at radius 3 is 2.08 bits per heavy atom. The molecular weight excluding hydrogens is 854 g/mol. The summed E-state index contributed by atoms with van der Waals surface area (Å²) in [6, 6.07) is 20.8. The van der Waals surface area contributed by atoms with Crippen molar-refractivity contribution in [1.82, 2.24) is 20.0 Å². The molecule has 4 aliphatic rings. The lowest BCUT2D eigenvalue weighted by Crippen LogP contribution is -2.36. The molecule has 0 spiro atoms. The normalized spacial score (nSPS) is 20.0. The van der Waals surface area contributed by atoms with E-state index in [0.29, 0.717) is 60.4 Å². The van der Waals surface area contributed by atoms with E-state index in [4.69, 9.17) is 9.47 Å². The zero-order chi connectivity index (χ0) is 43.1. The van der Waals surface area contributed by atoms with Gasteiger partial charge in [-0.2, -0.15) is 5.10 Å². The van der Waals surface area contributed by atoms with Crippen molar-refractivity contribution >= 4 is 55.3 Å². The molecule has 330 valence electrons. The Bertz CT molecular complexity index is 2690. The Balaban J connectivity index is 0.000000200. The van der Waals surface area contributed by atoms with Gasteiger partial charge in [0, 0.05) is 43.4 Å². The van der Waals surface area contributed by atoms with Gasteiger partial charge in [-0.15, -0.1) is 12.4 Å². The highest BCUT2D eigenvalue weighted by Gasteiger charge is 2.39. The third kappa shape index (κ3) is 9.35. The summed E-state index contributed by atoms with van der Waals surface area (Å²) in [5, 5.41) is 26.3. The number of nitrogens with one attached hydrogen (secondary N) is 1. The zero-order valence-corrected chi connectivity index (χ0v) is 37.3. The number of benzene rings is 4. The number of halogens is 1. The molecule has 62 heavy (non-hydrogen) atoms. The fraction of sp³-hybridized carbons (Fsp3) is 0.400. The standard InChI is InChI=1S/C27H33N3O6S.C18H18N2O3S.ClH/c1-27(2,3)36-26(32)29-12-11-21(17-29)37(33,34)24-15-19(18-7-9-20(31)10-8-18)14-23-22(24)16-28-30(23)25-6-4-5-13-35-25;21-15-3-1-12(2-4-15)13-7-14-9-20-11-17(14)18(8-13)24(22,23)16-5-6-19-10-16;/h7-10,14-16,21,25,31H,4-6,11-13,17H2,1-3H3;1-4,7-8,11,16,19,21H,5-6,9-10H2;1H/t21-,25?;16-;/m00./s1. The molecule has 0 radical (unpaired) electrons. The molecule has 3 N–H and O–H groups in total. The number of amides is 1. The first kappa shape index (κ1) is 45.0. The first-order chi connectivity index (χ1) is 29.1. The Labute approximate surface area is 368 Å². The van der Waals surface area contributed by atoms with Gasteiger partial charge in [-0.3, -0.25) is 4.99 Å². The molecule has 17 heteroatoms. The number of aromatic nitrogens is 2. The number of sulfone groups is 2. The van der Waals surface area contributed by atoms with Crippen LogP contribution in [0.15, 0.2) is 93.8 Å². The first-order valence-electron chi connectivity index (χ1n) is 20.6. The summed E-state index contributed by atoms with van der Waals surface area (Å²) >= 11 is 0. The van der Waals surface area contributed by atoms with Gasteiger partial charge < -0.3 is 29.9 Å². The van der Waals surface area contributed by atoms with Crippen LogP contribution in [-0.4, -0.2) is 103 Å². The predicted molar refractivity (Wildman–Crippen MR) is 240 cm³/mol. The number of aliphatic imine (C=N–C) groups is 1. The fourth-order valence-corrected chi connectivity index (χ4v) is 12.1. The van der Waals surface area contributed by atoms with Crippen molar-refractivity contribution in [1.29, 1.82) is 0 Å². The quantitative estimate of drug-likeness (QED) is 0.147. The number of fused-ring (bicyclic) bond motifs is 2. The van der Waals surface area contributed by atoms with Gasteiger partial charge in [0.2, 0.25) is 0 Å². The highest BCUT2D eigenvalue weighted by atomic mass is 35.5. The minimum absolute atomic E-state index is 0. The lowest BCUT2D eigenvalue weighted by molar-refractivity contribution is -0.0366. The number of likely N-dealkylation sites (tertiary alicyclic amines) is 1. The van der Waals surface area contributed by atoms with Gasteiger partial charge in [0.15, 0.2) is 25.9 Å². The number of aromatic hydroxyl groups is 2. The number of rotatable bonds is 7. The zero-order valence-electron chi connectivity index (χ0n) is 34.9. The molecule has 3 saturated heterocycles. The van der Waals surface area contributed by atoms with Gasteiger partial charge in [-0.05, 0) is 136 Å². The van der Waals surface area contributed by atoms with E-state index in [1.807, 2.05) is 12.1 Å². The molecule has 1 amide bonds. The summed E-state index contributed by atoms with van der Waals surface area (Å²) in [5.41, 5.74) is 4.87. The van der Waals surface area contributed by atoms with Crippen LogP contribution in [0.25, 0.3) is 33.2 Å². The SMILES string of the molecule is CC(C)(C)OC(=O)N1CC[C@H](S(=O)(=O)c2cc(-c3ccc(O)cc3)cc3c2cnn3C2CCCCO2)C1.Cl.O=S(=O)(c1cc(-c2ccc(O)cc2)cc2c1C=NC2)[C@H]1CCNC1. The molecule has 4 aromatic carbocycles. The number of phenols is 2. The molecule has 5 aromatic rings. The number of ether oxygens (including phenoxy) is 2. The Morgan fingerprint density at radius 1 is 0.823 bits per heavy atom. The lowest BCUT2D eigenvalue weighted by Gasteiger charge is -2.24. The minimum Gasteiger partial charge on any atom is -0.508 e. The highest BCUT2D eigenvalue weighted by Crippen LogP contribution is 2.38. The van der Waals surface area contributed by atoms with E-state index in [1.165, 1.54) is 4.90 Å². The van der Waals surface area contributed by atoms with E-state index in [0.717, 1.165) is 53.6 Å². The molecule has 9 rings (SSSR count).